The molecule has 0 radical (unpaired) electrons. The largest absolute Gasteiger partial charge is 0.374 e. The van der Waals surface area contributed by atoms with Crippen LogP contribution in [-0.4, -0.2) is 36.3 Å². The minimum absolute atomic E-state index is 0.249. The molecule has 1 N–H and O–H groups in total. The molecule has 18 heavy (non-hydrogen) atoms. The Labute approximate surface area is 116 Å². The van der Waals surface area contributed by atoms with Crippen molar-refractivity contribution in [2.45, 2.75) is 51.2 Å². The minimum atomic E-state index is 0.249. The van der Waals surface area contributed by atoms with E-state index >= 15 is 0 Å². The first-order valence-corrected chi connectivity index (χ1v) is 8.85. The molecule has 5 atom stereocenters. The Kier molecular flexibility index (Phi) is 3.93. The fraction of sp³-hybridized carbons (Fsp3) is 1.00. The second kappa shape index (κ2) is 5.34. The number of hydrogen-bond donors (Lipinski definition) is 1. The van der Waals surface area contributed by atoms with Gasteiger partial charge in [0.25, 0.3) is 0 Å². The van der Waals surface area contributed by atoms with Gasteiger partial charge < -0.3 is 10.1 Å². The number of hydrogen-bond acceptors (Lipinski definition) is 3. The van der Waals surface area contributed by atoms with E-state index in [-0.39, 0.29) is 5.60 Å². The fourth-order valence-corrected chi connectivity index (χ4v) is 5.37. The molecule has 0 aromatic heterocycles. The van der Waals surface area contributed by atoms with Gasteiger partial charge in [0, 0.05) is 18.4 Å². The minimum Gasteiger partial charge on any atom is -0.374 e. The summed E-state index contributed by atoms with van der Waals surface area (Å²) in [6.07, 6.45) is 5.30. The van der Waals surface area contributed by atoms with Gasteiger partial charge in [-0.1, -0.05) is 13.8 Å². The highest BCUT2D eigenvalue weighted by atomic mass is 32.2. The van der Waals surface area contributed by atoms with Gasteiger partial charge in [0.15, 0.2) is 0 Å². The highest BCUT2D eigenvalue weighted by Crippen LogP contribution is 2.48. The van der Waals surface area contributed by atoms with Crippen LogP contribution in [0.25, 0.3) is 0 Å². The maximum Gasteiger partial charge on any atom is 0.0783 e. The molecule has 3 fully saturated rings. The van der Waals surface area contributed by atoms with Crippen LogP contribution in [0.3, 0.4) is 0 Å². The molecule has 3 aliphatic rings. The number of rotatable bonds is 4. The van der Waals surface area contributed by atoms with E-state index in [1.807, 2.05) is 0 Å². The molecule has 1 saturated carbocycles. The first-order valence-electron chi connectivity index (χ1n) is 7.69. The topological polar surface area (TPSA) is 21.3 Å². The van der Waals surface area contributed by atoms with E-state index in [2.05, 4.69) is 30.9 Å². The standard InChI is InChI=1S/C15H27NOS/c1-3-16-14(13-8-11(13)2)12-4-6-17-15(9-12)5-7-18-10-15/h11-14,16H,3-10H2,1-2H3. The third-order valence-electron chi connectivity index (χ3n) is 5.18. The Morgan fingerprint density at radius 2 is 2.33 bits per heavy atom. The Morgan fingerprint density at radius 1 is 1.50 bits per heavy atom. The third kappa shape index (κ3) is 2.59. The van der Waals surface area contributed by atoms with Crippen molar-refractivity contribution in [3.8, 4) is 0 Å². The summed E-state index contributed by atoms with van der Waals surface area (Å²) < 4.78 is 6.16. The van der Waals surface area contributed by atoms with Crippen LogP contribution in [0, 0.1) is 17.8 Å². The van der Waals surface area contributed by atoms with Crippen LogP contribution in [0.5, 0.6) is 0 Å². The lowest BCUT2D eigenvalue weighted by atomic mass is 9.79. The second-order valence-corrected chi connectivity index (χ2v) is 7.65. The summed E-state index contributed by atoms with van der Waals surface area (Å²) in [5, 5.41) is 3.79. The first-order chi connectivity index (χ1) is 8.74. The monoisotopic (exact) mass is 269 g/mol. The second-order valence-electron chi connectivity index (χ2n) is 6.55. The third-order valence-corrected chi connectivity index (χ3v) is 6.40. The van der Waals surface area contributed by atoms with Crippen LogP contribution in [0.2, 0.25) is 0 Å². The van der Waals surface area contributed by atoms with Crippen molar-refractivity contribution >= 4 is 11.8 Å². The summed E-state index contributed by atoms with van der Waals surface area (Å²) in [4.78, 5) is 0. The molecule has 1 aliphatic carbocycles. The van der Waals surface area contributed by atoms with E-state index in [0.717, 1.165) is 36.9 Å². The fourth-order valence-electron chi connectivity index (χ4n) is 3.99. The Morgan fingerprint density at radius 3 is 2.94 bits per heavy atom. The summed E-state index contributed by atoms with van der Waals surface area (Å²) in [5.74, 6) is 5.29. The van der Waals surface area contributed by atoms with Crippen molar-refractivity contribution in [1.82, 2.24) is 5.32 Å². The SMILES string of the molecule is CCNC(C1CCOC2(CCSC2)C1)C1CC1C. The molecule has 0 amide bonds. The van der Waals surface area contributed by atoms with E-state index in [9.17, 15) is 0 Å². The van der Waals surface area contributed by atoms with Gasteiger partial charge in [-0.05, 0) is 55.7 Å². The molecule has 0 aromatic carbocycles. The number of nitrogens with one attached hydrogen (secondary N) is 1. The van der Waals surface area contributed by atoms with Gasteiger partial charge in [0.05, 0.1) is 5.60 Å². The molecule has 1 spiro atoms. The quantitative estimate of drug-likeness (QED) is 0.848. The van der Waals surface area contributed by atoms with Crippen LogP contribution in [0.4, 0.5) is 0 Å². The van der Waals surface area contributed by atoms with Gasteiger partial charge in [0.1, 0.15) is 0 Å². The lowest BCUT2D eigenvalue weighted by Crippen LogP contribution is -2.48. The van der Waals surface area contributed by atoms with Gasteiger partial charge in [-0.25, -0.2) is 0 Å². The Bertz CT molecular complexity index is 290. The van der Waals surface area contributed by atoms with Crippen LogP contribution >= 0.6 is 11.8 Å². The predicted octanol–water partition coefficient (Wildman–Crippen LogP) is 2.92. The molecule has 0 aromatic rings. The molecule has 2 heterocycles. The van der Waals surface area contributed by atoms with E-state index in [1.54, 1.807) is 0 Å². The summed E-state index contributed by atoms with van der Waals surface area (Å²) in [7, 11) is 0. The first kappa shape index (κ1) is 13.3. The molecule has 5 unspecified atom stereocenters. The zero-order chi connectivity index (χ0) is 12.6. The van der Waals surface area contributed by atoms with Crippen molar-refractivity contribution < 1.29 is 4.74 Å². The zero-order valence-electron chi connectivity index (χ0n) is 11.8. The molecule has 3 heteroatoms. The van der Waals surface area contributed by atoms with Crippen LogP contribution in [-0.2, 0) is 4.74 Å². The lowest BCUT2D eigenvalue weighted by Gasteiger charge is -2.41. The van der Waals surface area contributed by atoms with Crippen molar-refractivity contribution in [3.05, 3.63) is 0 Å². The van der Waals surface area contributed by atoms with Gasteiger partial charge in [-0.15, -0.1) is 0 Å². The molecule has 2 nitrogen and oxygen atoms in total. The lowest BCUT2D eigenvalue weighted by molar-refractivity contribution is -0.0864. The van der Waals surface area contributed by atoms with Gasteiger partial charge >= 0.3 is 0 Å². The van der Waals surface area contributed by atoms with Crippen molar-refractivity contribution in [1.29, 1.82) is 0 Å². The van der Waals surface area contributed by atoms with E-state index < -0.39 is 0 Å². The Hall–Kier alpha value is 0.270. The van der Waals surface area contributed by atoms with Crippen LogP contribution in [0.1, 0.15) is 39.5 Å². The summed E-state index contributed by atoms with van der Waals surface area (Å²) in [5.41, 5.74) is 0.249. The highest BCUT2D eigenvalue weighted by Gasteiger charge is 2.47. The summed E-state index contributed by atoms with van der Waals surface area (Å²) in [6.45, 7) is 6.78. The summed E-state index contributed by atoms with van der Waals surface area (Å²) in [6, 6.07) is 0.761. The van der Waals surface area contributed by atoms with Crippen molar-refractivity contribution in [3.63, 3.8) is 0 Å². The molecule has 104 valence electrons. The maximum absolute atomic E-state index is 6.16. The van der Waals surface area contributed by atoms with Gasteiger partial charge in [0.2, 0.25) is 0 Å². The normalized spacial score (nSPS) is 45.3. The van der Waals surface area contributed by atoms with E-state index in [4.69, 9.17) is 4.74 Å². The zero-order valence-corrected chi connectivity index (χ0v) is 12.6. The average Bonchev–Trinajstić information content (AvgIpc) is 2.92. The molecule has 2 saturated heterocycles. The predicted molar refractivity (Wildman–Crippen MR) is 78.1 cm³/mol. The smallest absolute Gasteiger partial charge is 0.0783 e. The van der Waals surface area contributed by atoms with E-state index in [0.29, 0.717) is 0 Å². The number of ether oxygens (including phenoxy) is 1. The van der Waals surface area contributed by atoms with Crippen molar-refractivity contribution in [2.24, 2.45) is 17.8 Å². The molecular formula is C15H27NOS. The Balaban J connectivity index is 1.66. The average molecular weight is 269 g/mol. The molecule has 2 aliphatic heterocycles. The highest BCUT2D eigenvalue weighted by molar-refractivity contribution is 7.99. The maximum atomic E-state index is 6.16. The van der Waals surface area contributed by atoms with Crippen LogP contribution < -0.4 is 5.32 Å². The summed E-state index contributed by atoms with van der Waals surface area (Å²) >= 11 is 2.09. The van der Waals surface area contributed by atoms with Crippen molar-refractivity contribution in [2.75, 3.05) is 24.7 Å². The molecule has 0 bridgehead atoms. The van der Waals surface area contributed by atoms with Gasteiger partial charge in [-0.3, -0.25) is 0 Å². The van der Waals surface area contributed by atoms with E-state index in [1.165, 1.54) is 37.2 Å². The number of thioether (sulfide) groups is 1. The molecular weight excluding hydrogens is 242 g/mol. The van der Waals surface area contributed by atoms with Gasteiger partial charge in [-0.2, -0.15) is 11.8 Å². The van der Waals surface area contributed by atoms with Crippen LogP contribution in [0.15, 0.2) is 0 Å². The molecule has 3 rings (SSSR count).